The standard InChI is InChI=1S/C19H23N7O2/c20-17-11-18(24-19(23-17)28-10-7-26-5-8-27-9-6-26)25-22-13-14-12-21-16-4-2-1-3-15(14)16/h1-4,11-13,21H,5-10H2,(H3,20,23,24,25)/b22-13+. The quantitative estimate of drug-likeness (QED) is 0.422. The van der Waals surface area contributed by atoms with Crippen molar-refractivity contribution in [3.05, 3.63) is 42.1 Å². The van der Waals surface area contributed by atoms with Crippen molar-refractivity contribution >= 4 is 28.8 Å². The SMILES string of the molecule is Nc1cc(N/N=C/c2c[nH]c3ccccc23)nc(OCCN2CCOCC2)n1. The molecule has 1 saturated heterocycles. The summed E-state index contributed by atoms with van der Waals surface area (Å²) in [5, 5.41) is 5.35. The van der Waals surface area contributed by atoms with Crippen LogP contribution in [0.1, 0.15) is 5.56 Å². The number of benzene rings is 1. The van der Waals surface area contributed by atoms with Gasteiger partial charge >= 0.3 is 6.01 Å². The van der Waals surface area contributed by atoms with Crippen molar-refractivity contribution < 1.29 is 9.47 Å². The van der Waals surface area contributed by atoms with Crippen LogP contribution >= 0.6 is 0 Å². The Bertz CT molecular complexity index is 950. The van der Waals surface area contributed by atoms with Crippen LogP contribution in [-0.4, -0.2) is 65.5 Å². The first-order valence-electron chi connectivity index (χ1n) is 9.20. The highest BCUT2D eigenvalue weighted by Crippen LogP contribution is 2.16. The first-order valence-corrected chi connectivity index (χ1v) is 9.20. The number of nitrogens with two attached hydrogens (primary N) is 1. The van der Waals surface area contributed by atoms with Crippen molar-refractivity contribution in [2.24, 2.45) is 5.10 Å². The predicted molar refractivity (Wildman–Crippen MR) is 109 cm³/mol. The molecule has 3 aromatic rings. The van der Waals surface area contributed by atoms with Crippen LogP contribution in [0.4, 0.5) is 11.6 Å². The van der Waals surface area contributed by atoms with Gasteiger partial charge in [0.1, 0.15) is 12.4 Å². The summed E-state index contributed by atoms with van der Waals surface area (Å²) in [5.74, 6) is 0.797. The van der Waals surface area contributed by atoms with Crippen molar-refractivity contribution in [3.63, 3.8) is 0 Å². The zero-order valence-electron chi connectivity index (χ0n) is 15.5. The van der Waals surface area contributed by atoms with Crippen molar-refractivity contribution in [2.45, 2.75) is 0 Å². The lowest BCUT2D eigenvalue weighted by Gasteiger charge is -2.26. The molecule has 146 valence electrons. The van der Waals surface area contributed by atoms with Crippen molar-refractivity contribution in [1.82, 2.24) is 19.9 Å². The van der Waals surface area contributed by atoms with E-state index in [2.05, 4.69) is 30.4 Å². The van der Waals surface area contributed by atoms with E-state index in [1.165, 1.54) is 0 Å². The number of H-pyrrole nitrogens is 1. The molecule has 0 bridgehead atoms. The lowest BCUT2D eigenvalue weighted by atomic mass is 10.2. The number of morpholine rings is 1. The Hall–Kier alpha value is -3.17. The van der Waals surface area contributed by atoms with Crippen LogP contribution in [0.5, 0.6) is 6.01 Å². The molecule has 4 rings (SSSR count). The molecule has 0 unspecified atom stereocenters. The molecule has 9 nitrogen and oxygen atoms in total. The fraction of sp³-hybridized carbons (Fsp3) is 0.316. The van der Waals surface area contributed by atoms with Gasteiger partial charge in [-0.3, -0.25) is 10.3 Å². The number of aromatic amines is 1. The number of hydrogen-bond donors (Lipinski definition) is 3. The van der Waals surface area contributed by atoms with Crippen LogP contribution in [0.25, 0.3) is 10.9 Å². The average molecular weight is 381 g/mol. The van der Waals surface area contributed by atoms with E-state index in [1.807, 2.05) is 30.5 Å². The number of nitrogens with one attached hydrogen (secondary N) is 2. The summed E-state index contributed by atoms with van der Waals surface area (Å²) in [6.07, 6.45) is 3.64. The molecule has 1 aliphatic rings. The van der Waals surface area contributed by atoms with E-state index in [0.29, 0.717) is 18.2 Å². The van der Waals surface area contributed by atoms with Gasteiger partial charge in [-0.15, -0.1) is 0 Å². The molecule has 0 spiro atoms. The monoisotopic (exact) mass is 381 g/mol. The fourth-order valence-corrected chi connectivity index (χ4v) is 3.02. The van der Waals surface area contributed by atoms with Gasteiger partial charge in [-0.05, 0) is 6.07 Å². The Morgan fingerprint density at radius 3 is 3.04 bits per heavy atom. The molecular weight excluding hydrogens is 358 g/mol. The van der Waals surface area contributed by atoms with E-state index in [-0.39, 0.29) is 6.01 Å². The van der Waals surface area contributed by atoms with Gasteiger partial charge in [-0.1, -0.05) is 18.2 Å². The summed E-state index contributed by atoms with van der Waals surface area (Å²) in [7, 11) is 0. The first kappa shape index (κ1) is 18.2. The van der Waals surface area contributed by atoms with E-state index in [1.54, 1.807) is 12.3 Å². The molecule has 4 N–H and O–H groups in total. The number of anilines is 2. The number of aromatic nitrogens is 3. The van der Waals surface area contributed by atoms with E-state index >= 15 is 0 Å². The molecule has 1 aromatic carbocycles. The summed E-state index contributed by atoms with van der Waals surface area (Å²) >= 11 is 0. The van der Waals surface area contributed by atoms with Crippen molar-refractivity contribution in [3.8, 4) is 6.01 Å². The third-order valence-corrected chi connectivity index (χ3v) is 4.47. The third kappa shape index (κ3) is 4.56. The lowest BCUT2D eigenvalue weighted by Crippen LogP contribution is -2.38. The van der Waals surface area contributed by atoms with Crippen LogP contribution in [0.2, 0.25) is 0 Å². The number of nitrogens with zero attached hydrogens (tertiary/aromatic N) is 4. The maximum absolute atomic E-state index is 5.86. The van der Waals surface area contributed by atoms with E-state index in [9.17, 15) is 0 Å². The Balaban J connectivity index is 1.35. The van der Waals surface area contributed by atoms with E-state index in [4.69, 9.17) is 15.2 Å². The number of nitrogen functional groups attached to an aromatic ring is 1. The molecule has 0 saturated carbocycles. The first-order chi connectivity index (χ1) is 13.8. The highest BCUT2D eigenvalue weighted by atomic mass is 16.5. The van der Waals surface area contributed by atoms with Gasteiger partial charge in [0, 0.05) is 48.4 Å². The Kier molecular flexibility index (Phi) is 5.64. The Morgan fingerprint density at radius 1 is 1.29 bits per heavy atom. The molecule has 0 radical (unpaired) electrons. The summed E-state index contributed by atoms with van der Waals surface area (Å²) in [5.41, 5.74) is 10.8. The molecule has 1 fully saturated rings. The van der Waals surface area contributed by atoms with Crippen LogP contribution < -0.4 is 15.9 Å². The summed E-state index contributed by atoms with van der Waals surface area (Å²) in [6, 6.07) is 9.89. The van der Waals surface area contributed by atoms with Gasteiger partial charge in [0.05, 0.1) is 19.4 Å². The summed E-state index contributed by atoms with van der Waals surface area (Å²) < 4.78 is 11.0. The molecule has 3 heterocycles. The van der Waals surface area contributed by atoms with Crippen molar-refractivity contribution in [2.75, 3.05) is 50.6 Å². The minimum absolute atomic E-state index is 0.234. The minimum atomic E-state index is 0.234. The number of fused-ring (bicyclic) bond motifs is 1. The average Bonchev–Trinajstić information content (AvgIpc) is 3.12. The molecule has 0 atom stereocenters. The smallest absolute Gasteiger partial charge is 0.320 e. The summed E-state index contributed by atoms with van der Waals surface area (Å²) in [6.45, 7) is 4.63. The van der Waals surface area contributed by atoms with Crippen molar-refractivity contribution in [1.29, 1.82) is 0 Å². The van der Waals surface area contributed by atoms with Gasteiger partial charge in [0.25, 0.3) is 0 Å². The van der Waals surface area contributed by atoms with Crippen LogP contribution in [0, 0.1) is 0 Å². The topological polar surface area (TPSA) is 114 Å². The number of rotatable bonds is 7. The molecule has 0 amide bonds. The second-order valence-electron chi connectivity index (χ2n) is 6.42. The zero-order valence-corrected chi connectivity index (χ0v) is 15.5. The maximum Gasteiger partial charge on any atom is 0.320 e. The predicted octanol–water partition coefficient (Wildman–Crippen LogP) is 1.70. The molecular formula is C19H23N7O2. The van der Waals surface area contributed by atoms with Gasteiger partial charge in [0.2, 0.25) is 0 Å². The molecule has 9 heteroatoms. The van der Waals surface area contributed by atoms with Gasteiger partial charge in [-0.2, -0.15) is 15.1 Å². The minimum Gasteiger partial charge on any atom is -0.462 e. The van der Waals surface area contributed by atoms with Gasteiger partial charge in [-0.25, -0.2) is 0 Å². The molecule has 2 aromatic heterocycles. The number of ether oxygens (including phenoxy) is 2. The van der Waals surface area contributed by atoms with Crippen LogP contribution in [0.15, 0.2) is 41.6 Å². The second-order valence-corrected chi connectivity index (χ2v) is 6.42. The molecule has 1 aliphatic heterocycles. The van der Waals surface area contributed by atoms with Gasteiger partial charge in [0.15, 0.2) is 5.82 Å². The van der Waals surface area contributed by atoms with E-state index < -0.39 is 0 Å². The van der Waals surface area contributed by atoms with E-state index in [0.717, 1.165) is 49.3 Å². The fourth-order valence-electron chi connectivity index (χ4n) is 3.02. The summed E-state index contributed by atoms with van der Waals surface area (Å²) in [4.78, 5) is 13.9. The highest BCUT2D eigenvalue weighted by molar-refractivity contribution is 5.99. The Morgan fingerprint density at radius 2 is 2.14 bits per heavy atom. The Labute approximate surface area is 162 Å². The van der Waals surface area contributed by atoms with Crippen LogP contribution in [-0.2, 0) is 4.74 Å². The second kappa shape index (κ2) is 8.68. The van der Waals surface area contributed by atoms with Crippen LogP contribution in [0.3, 0.4) is 0 Å². The maximum atomic E-state index is 5.86. The lowest BCUT2D eigenvalue weighted by molar-refractivity contribution is 0.0317. The number of hydrazone groups is 1. The number of para-hydroxylation sites is 1. The number of hydrogen-bond acceptors (Lipinski definition) is 8. The largest absolute Gasteiger partial charge is 0.462 e. The highest BCUT2D eigenvalue weighted by Gasteiger charge is 2.10. The van der Waals surface area contributed by atoms with Gasteiger partial charge < -0.3 is 20.2 Å². The molecule has 28 heavy (non-hydrogen) atoms. The zero-order chi connectivity index (χ0) is 19.2. The third-order valence-electron chi connectivity index (χ3n) is 4.47. The molecule has 0 aliphatic carbocycles. The normalized spacial score (nSPS) is 15.3.